The number of amides is 1. The summed E-state index contributed by atoms with van der Waals surface area (Å²) in [5, 5.41) is 2.95. The van der Waals surface area contributed by atoms with Crippen LogP contribution in [0.15, 0.2) is 22.9 Å². The zero-order valence-electron chi connectivity index (χ0n) is 11.1. The van der Waals surface area contributed by atoms with Crippen molar-refractivity contribution < 1.29 is 9.21 Å². The molecule has 0 radical (unpaired) electrons. The molecule has 1 amide bonds. The van der Waals surface area contributed by atoms with E-state index in [0.29, 0.717) is 12.3 Å². The maximum absolute atomic E-state index is 11.3. The van der Waals surface area contributed by atoms with Crippen LogP contribution in [0.25, 0.3) is 11.1 Å². The fourth-order valence-corrected chi connectivity index (χ4v) is 2.94. The monoisotopic (exact) mass is 258 g/mol. The van der Waals surface area contributed by atoms with Crippen LogP contribution in [0.3, 0.4) is 0 Å². The standard InChI is InChI=1S/C15H18N2O2/c1-2-13(18)16-8-7-11-4-3-10-5-6-12-15(14(10)11)17-9-19-12/h5-6,9,11H,2-4,7-8H2,1H3,(H,16,18)/t11-/m0/s1. The molecule has 1 aromatic heterocycles. The highest BCUT2D eigenvalue weighted by Gasteiger charge is 2.25. The van der Waals surface area contributed by atoms with E-state index in [9.17, 15) is 4.79 Å². The average molecular weight is 258 g/mol. The van der Waals surface area contributed by atoms with Crippen molar-refractivity contribution in [3.8, 4) is 0 Å². The molecule has 1 aliphatic carbocycles. The van der Waals surface area contributed by atoms with E-state index in [1.807, 2.05) is 13.0 Å². The second kappa shape index (κ2) is 5.03. The molecule has 0 unspecified atom stereocenters. The molecule has 4 heteroatoms. The molecule has 0 fully saturated rings. The lowest BCUT2D eigenvalue weighted by atomic mass is 9.96. The first-order valence-electron chi connectivity index (χ1n) is 6.91. The molecule has 1 aromatic carbocycles. The molecule has 0 bridgehead atoms. The van der Waals surface area contributed by atoms with Crippen molar-refractivity contribution in [1.29, 1.82) is 0 Å². The lowest BCUT2D eigenvalue weighted by molar-refractivity contribution is -0.120. The van der Waals surface area contributed by atoms with Crippen LogP contribution < -0.4 is 5.32 Å². The van der Waals surface area contributed by atoms with Crippen LogP contribution in [-0.2, 0) is 11.2 Å². The van der Waals surface area contributed by atoms with Gasteiger partial charge in [-0.25, -0.2) is 4.98 Å². The Morgan fingerprint density at radius 2 is 2.42 bits per heavy atom. The number of aryl methyl sites for hydroxylation is 1. The van der Waals surface area contributed by atoms with Gasteiger partial charge in [-0.1, -0.05) is 13.0 Å². The second-order valence-electron chi connectivity index (χ2n) is 5.07. The Balaban J connectivity index is 1.77. The summed E-state index contributed by atoms with van der Waals surface area (Å²) in [6, 6.07) is 4.15. The highest BCUT2D eigenvalue weighted by molar-refractivity contribution is 5.79. The minimum absolute atomic E-state index is 0.123. The van der Waals surface area contributed by atoms with Gasteiger partial charge in [0, 0.05) is 13.0 Å². The Hall–Kier alpha value is -1.84. The van der Waals surface area contributed by atoms with Gasteiger partial charge in [0.15, 0.2) is 12.0 Å². The first-order chi connectivity index (χ1) is 9.29. The lowest BCUT2D eigenvalue weighted by Gasteiger charge is -2.12. The molecule has 0 saturated heterocycles. The van der Waals surface area contributed by atoms with Gasteiger partial charge in [0.1, 0.15) is 5.52 Å². The number of aromatic nitrogens is 1. The first kappa shape index (κ1) is 12.2. The van der Waals surface area contributed by atoms with Gasteiger partial charge in [-0.3, -0.25) is 4.79 Å². The van der Waals surface area contributed by atoms with Gasteiger partial charge in [-0.2, -0.15) is 0 Å². The predicted molar refractivity (Wildman–Crippen MR) is 73.0 cm³/mol. The minimum Gasteiger partial charge on any atom is -0.443 e. The van der Waals surface area contributed by atoms with E-state index in [0.717, 1.165) is 36.9 Å². The van der Waals surface area contributed by atoms with Crippen molar-refractivity contribution >= 4 is 17.0 Å². The summed E-state index contributed by atoms with van der Waals surface area (Å²) in [6.07, 6.45) is 5.28. The van der Waals surface area contributed by atoms with Crippen LogP contribution in [0, 0.1) is 0 Å². The van der Waals surface area contributed by atoms with Gasteiger partial charge in [0.25, 0.3) is 0 Å². The number of carbonyl (C=O) groups is 1. The largest absolute Gasteiger partial charge is 0.443 e. The van der Waals surface area contributed by atoms with Crippen molar-refractivity contribution in [2.45, 2.75) is 38.5 Å². The number of fused-ring (bicyclic) bond motifs is 3. The Morgan fingerprint density at radius 3 is 3.26 bits per heavy atom. The maximum Gasteiger partial charge on any atom is 0.219 e. The van der Waals surface area contributed by atoms with Crippen LogP contribution in [-0.4, -0.2) is 17.4 Å². The summed E-state index contributed by atoms with van der Waals surface area (Å²) in [4.78, 5) is 15.6. The average Bonchev–Trinajstić information content (AvgIpc) is 3.03. The molecule has 1 heterocycles. The molecular weight excluding hydrogens is 240 g/mol. The molecule has 3 rings (SSSR count). The van der Waals surface area contributed by atoms with E-state index in [-0.39, 0.29) is 5.91 Å². The number of rotatable bonds is 4. The maximum atomic E-state index is 11.3. The molecule has 100 valence electrons. The number of carbonyl (C=O) groups excluding carboxylic acids is 1. The number of oxazole rings is 1. The van der Waals surface area contributed by atoms with Crippen LogP contribution in [0.5, 0.6) is 0 Å². The molecule has 1 atom stereocenters. The summed E-state index contributed by atoms with van der Waals surface area (Å²) in [7, 11) is 0. The topological polar surface area (TPSA) is 55.1 Å². The number of hydrogen-bond acceptors (Lipinski definition) is 3. The van der Waals surface area contributed by atoms with Crippen molar-refractivity contribution in [3.05, 3.63) is 29.7 Å². The van der Waals surface area contributed by atoms with Gasteiger partial charge >= 0.3 is 0 Å². The molecule has 0 saturated carbocycles. The van der Waals surface area contributed by atoms with Crippen LogP contribution in [0.4, 0.5) is 0 Å². The quantitative estimate of drug-likeness (QED) is 0.917. The van der Waals surface area contributed by atoms with Crippen molar-refractivity contribution in [2.75, 3.05) is 6.54 Å². The smallest absolute Gasteiger partial charge is 0.219 e. The van der Waals surface area contributed by atoms with Crippen molar-refractivity contribution in [1.82, 2.24) is 10.3 Å². The van der Waals surface area contributed by atoms with E-state index >= 15 is 0 Å². The second-order valence-corrected chi connectivity index (χ2v) is 5.07. The third kappa shape index (κ3) is 2.23. The summed E-state index contributed by atoms with van der Waals surface area (Å²) < 4.78 is 5.37. The Morgan fingerprint density at radius 1 is 1.53 bits per heavy atom. The van der Waals surface area contributed by atoms with E-state index in [4.69, 9.17) is 4.42 Å². The van der Waals surface area contributed by atoms with Crippen LogP contribution >= 0.6 is 0 Å². The molecule has 0 spiro atoms. The lowest BCUT2D eigenvalue weighted by Crippen LogP contribution is -2.24. The number of benzene rings is 1. The van der Waals surface area contributed by atoms with Crippen molar-refractivity contribution in [2.24, 2.45) is 0 Å². The summed E-state index contributed by atoms with van der Waals surface area (Å²) >= 11 is 0. The molecule has 0 aliphatic heterocycles. The van der Waals surface area contributed by atoms with E-state index < -0.39 is 0 Å². The van der Waals surface area contributed by atoms with Gasteiger partial charge in [0.05, 0.1) is 0 Å². The van der Waals surface area contributed by atoms with E-state index in [1.54, 1.807) is 0 Å². The van der Waals surface area contributed by atoms with Gasteiger partial charge in [-0.15, -0.1) is 0 Å². The molecule has 4 nitrogen and oxygen atoms in total. The molecule has 2 aromatic rings. The highest BCUT2D eigenvalue weighted by atomic mass is 16.3. The first-order valence-corrected chi connectivity index (χ1v) is 6.91. The zero-order valence-corrected chi connectivity index (χ0v) is 11.1. The molecule has 1 aliphatic rings. The van der Waals surface area contributed by atoms with Crippen LogP contribution in [0.1, 0.15) is 43.2 Å². The summed E-state index contributed by atoms with van der Waals surface area (Å²) in [6.45, 7) is 2.62. The van der Waals surface area contributed by atoms with Gasteiger partial charge in [0.2, 0.25) is 5.91 Å². The number of nitrogens with one attached hydrogen (secondary N) is 1. The molecule has 1 N–H and O–H groups in total. The predicted octanol–water partition coefficient (Wildman–Crippen LogP) is 2.77. The molecular formula is C15H18N2O2. The minimum atomic E-state index is 0.123. The third-order valence-corrected chi connectivity index (χ3v) is 3.94. The van der Waals surface area contributed by atoms with E-state index in [2.05, 4.69) is 16.4 Å². The zero-order chi connectivity index (χ0) is 13.2. The normalized spacial score (nSPS) is 17.6. The van der Waals surface area contributed by atoms with Crippen molar-refractivity contribution in [3.63, 3.8) is 0 Å². The summed E-state index contributed by atoms with van der Waals surface area (Å²) in [5.41, 5.74) is 4.58. The van der Waals surface area contributed by atoms with E-state index in [1.165, 1.54) is 17.5 Å². The van der Waals surface area contributed by atoms with Crippen LogP contribution in [0.2, 0.25) is 0 Å². The Kier molecular flexibility index (Phi) is 3.23. The number of hydrogen-bond donors (Lipinski definition) is 1. The molecule has 19 heavy (non-hydrogen) atoms. The van der Waals surface area contributed by atoms with Gasteiger partial charge < -0.3 is 9.73 Å². The van der Waals surface area contributed by atoms with Gasteiger partial charge in [-0.05, 0) is 42.4 Å². The Bertz CT molecular complexity index is 603. The Labute approximate surface area is 112 Å². The number of nitrogens with zero attached hydrogens (tertiary/aromatic N) is 1. The SMILES string of the molecule is CCC(=O)NCC[C@@H]1CCc2ccc3ocnc3c21. The highest BCUT2D eigenvalue weighted by Crippen LogP contribution is 2.39. The third-order valence-electron chi connectivity index (χ3n) is 3.94. The summed E-state index contributed by atoms with van der Waals surface area (Å²) in [5.74, 6) is 0.610. The fourth-order valence-electron chi connectivity index (χ4n) is 2.94. The fraction of sp³-hybridized carbons (Fsp3) is 0.467.